The molecule has 24 heavy (non-hydrogen) atoms. The van der Waals surface area contributed by atoms with Crippen LogP contribution < -0.4 is 0 Å². The lowest BCUT2D eigenvalue weighted by atomic mass is 9.80. The Morgan fingerprint density at radius 3 is 2.38 bits per heavy atom. The summed E-state index contributed by atoms with van der Waals surface area (Å²) in [6.07, 6.45) is 5.16. The number of aliphatic hydroxyl groups excluding tert-OH is 1. The van der Waals surface area contributed by atoms with E-state index >= 15 is 0 Å². The molecule has 0 saturated carbocycles. The van der Waals surface area contributed by atoms with Crippen LogP contribution in [0.4, 0.5) is 0 Å². The lowest BCUT2D eigenvalue weighted by Crippen LogP contribution is -2.40. The molecule has 1 aliphatic carbocycles. The van der Waals surface area contributed by atoms with Crippen LogP contribution in [-0.2, 0) is 19.1 Å². The Bertz CT molecular complexity index is 504. The Hall–Kier alpha value is -1.62. The van der Waals surface area contributed by atoms with Gasteiger partial charge in [0, 0.05) is 26.2 Å². The number of hydrogen-bond acceptors (Lipinski definition) is 5. The second-order valence-electron chi connectivity index (χ2n) is 6.82. The maximum atomic E-state index is 11.6. The fourth-order valence-corrected chi connectivity index (χ4v) is 3.24. The van der Waals surface area contributed by atoms with Crippen LogP contribution in [0.3, 0.4) is 0 Å². The van der Waals surface area contributed by atoms with Crippen LogP contribution in [0.2, 0.25) is 0 Å². The average molecular weight is 338 g/mol. The lowest BCUT2D eigenvalue weighted by molar-refractivity contribution is -0.158. The minimum absolute atomic E-state index is 0.0659. The van der Waals surface area contributed by atoms with Crippen LogP contribution in [0.1, 0.15) is 53.9 Å². The lowest BCUT2D eigenvalue weighted by Gasteiger charge is -2.35. The molecule has 1 N–H and O–H groups in total. The summed E-state index contributed by atoms with van der Waals surface area (Å²) in [6, 6.07) is 0. The Balaban J connectivity index is 3.30. The fourth-order valence-electron chi connectivity index (χ4n) is 3.24. The summed E-state index contributed by atoms with van der Waals surface area (Å²) in [5, 5.41) is 9.62. The monoisotopic (exact) mass is 338 g/mol. The molecule has 0 aromatic heterocycles. The predicted molar refractivity (Wildman–Crippen MR) is 92.2 cm³/mol. The maximum Gasteiger partial charge on any atom is 0.303 e. The fraction of sp³-hybridized carbons (Fsp3) is 0.684. The highest BCUT2D eigenvalue weighted by Crippen LogP contribution is 2.31. The maximum absolute atomic E-state index is 11.6. The first-order valence-corrected chi connectivity index (χ1v) is 8.55. The molecule has 0 aliphatic heterocycles. The topological polar surface area (TPSA) is 72.8 Å². The molecule has 0 amide bonds. The number of allylic oxidation sites excluding steroid dienone is 2. The van der Waals surface area contributed by atoms with E-state index in [1.165, 1.54) is 13.8 Å². The number of aliphatic hydroxyl groups is 1. The summed E-state index contributed by atoms with van der Waals surface area (Å²) >= 11 is 0. The normalized spacial score (nSPS) is 29.9. The quantitative estimate of drug-likeness (QED) is 0.629. The van der Waals surface area contributed by atoms with Crippen LogP contribution in [0.15, 0.2) is 23.3 Å². The molecule has 5 nitrogen and oxygen atoms in total. The molecular formula is C19H30O5. The second-order valence-corrected chi connectivity index (χ2v) is 6.82. The summed E-state index contributed by atoms with van der Waals surface area (Å²) in [7, 11) is 0. The van der Waals surface area contributed by atoms with Gasteiger partial charge in [-0.05, 0) is 37.3 Å². The van der Waals surface area contributed by atoms with Gasteiger partial charge in [0.2, 0.25) is 0 Å². The third kappa shape index (κ3) is 6.48. The summed E-state index contributed by atoms with van der Waals surface area (Å²) in [5.74, 6) is -0.781. The van der Waals surface area contributed by atoms with Crippen LogP contribution >= 0.6 is 0 Å². The van der Waals surface area contributed by atoms with Crippen molar-refractivity contribution in [3.05, 3.63) is 23.3 Å². The zero-order valence-electron chi connectivity index (χ0n) is 15.4. The van der Waals surface area contributed by atoms with E-state index in [-0.39, 0.29) is 30.4 Å². The molecule has 0 heterocycles. The Labute approximate surface area is 144 Å². The van der Waals surface area contributed by atoms with E-state index in [1.54, 1.807) is 0 Å². The summed E-state index contributed by atoms with van der Waals surface area (Å²) < 4.78 is 11.1. The van der Waals surface area contributed by atoms with Crippen molar-refractivity contribution in [1.82, 2.24) is 0 Å². The predicted octanol–water partition coefficient (Wildman–Crippen LogP) is 3.17. The Morgan fingerprint density at radius 1 is 1.25 bits per heavy atom. The summed E-state index contributed by atoms with van der Waals surface area (Å²) in [6.45, 7) is 8.75. The van der Waals surface area contributed by atoms with Crippen molar-refractivity contribution in [1.29, 1.82) is 0 Å². The summed E-state index contributed by atoms with van der Waals surface area (Å²) in [4.78, 5) is 23.2. The molecule has 5 heteroatoms. The minimum atomic E-state index is -0.454. The van der Waals surface area contributed by atoms with E-state index in [0.717, 1.165) is 24.0 Å². The van der Waals surface area contributed by atoms with E-state index in [0.29, 0.717) is 6.42 Å². The molecule has 0 aromatic carbocycles. The molecule has 0 aromatic rings. The van der Waals surface area contributed by atoms with E-state index in [2.05, 4.69) is 0 Å². The van der Waals surface area contributed by atoms with Crippen molar-refractivity contribution in [3.8, 4) is 0 Å². The molecule has 1 rings (SSSR count). The molecule has 0 unspecified atom stereocenters. The number of carbonyl (C=O) groups is 2. The van der Waals surface area contributed by atoms with Gasteiger partial charge in [-0.25, -0.2) is 0 Å². The molecule has 0 radical (unpaired) electrons. The van der Waals surface area contributed by atoms with Crippen LogP contribution in [0.5, 0.6) is 0 Å². The Morgan fingerprint density at radius 2 is 1.88 bits per heavy atom. The minimum Gasteiger partial charge on any atom is -0.462 e. The van der Waals surface area contributed by atoms with Crippen molar-refractivity contribution in [3.63, 3.8) is 0 Å². The van der Waals surface area contributed by atoms with Gasteiger partial charge < -0.3 is 14.6 Å². The van der Waals surface area contributed by atoms with Crippen molar-refractivity contribution in [2.45, 2.75) is 66.1 Å². The van der Waals surface area contributed by atoms with Crippen molar-refractivity contribution >= 4 is 11.9 Å². The van der Waals surface area contributed by atoms with E-state index < -0.39 is 12.2 Å². The van der Waals surface area contributed by atoms with Crippen molar-refractivity contribution in [2.75, 3.05) is 6.61 Å². The molecular weight excluding hydrogens is 308 g/mol. The first kappa shape index (κ1) is 20.4. The molecule has 0 saturated heterocycles. The molecule has 1 aliphatic rings. The molecule has 0 fully saturated rings. The number of ether oxygens (including phenoxy) is 2. The average Bonchev–Trinajstić information content (AvgIpc) is 2.43. The van der Waals surface area contributed by atoms with Gasteiger partial charge in [0.15, 0.2) is 0 Å². The van der Waals surface area contributed by atoms with Gasteiger partial charge in [-0.1, -0.05) is 25.5 Å². The van der Waals surface area contributed by atoms with E-state index in [9.17, 15) is 14.7 Å². The van der Waals surface area contributed by atoms with Crippen LogP contribution in [-0.4, -0.2) is 35.9 Å². The zero-order chi connectivity index (χ0) is 18.3. The van der Waals surface area contributed by atoms with Gasteiger partial charge in [0.1, 0.15) is 12.2 Å². The molecule has 136 valence electrons. The second kappa shape index (κ2) is 9.62. The van der Waals surface area contributed by atoms with E-state index in [1.807, 2.05) is 32.9 Å². The van der Waals surface area contributed by atoms with Gasteiger partial charge in [-0.3, -0.25) is 9.59 Å². The van der Waals surface area contributed by atoms with Gasteiger partial charge in [0.25, 0.3) is 0 Å². The SMILES string of the molecule is CC(=O)O[C@@H]1/C=C(/C)CC/C=C(/CO)C[C@@H](OC(C)=O)[C@@H]1C(C)C. The first-order valence-electron chi connectivity index (χ1n) is 8.55. The summed E-state index contributed by atoms with van der Waals surface area (Å²) in [5.41, 5.74) is 1.96. The molecule has 3 atom stereocenters. The number of esters is 2. The number of rotatable bonds is 4. The molecule has 0 spiro atoms. The van der Waals surface area contributed by atoms with Crippen LogP contribution in [0, 0.1) is 11.8 Å². The zero-order valence-corrected chi connectivity index (χ0v) is 15.4. The molecule has 0 bridgehead atoms. The highest BCUT2D eigenvalue weighted by molar-refractivity contribution is 5.67. The van der Waals surface area contributed by atoms with Crippen molar-refractivity contribution < 1.29 is 24.2 Å². The highest BCUT2D eigenvalue weighted by Gasteiger charge is 2.36. The largest absolute Gasteiger partial charge is 0.462 e. The van der Waals surface area contributed by atoms with Gasteiger partial charge in [-0.15, -0.1) is 0 Å². The third-order valence-corrected chi connectivity index (χ3v) is 4.28. The van der Waals surface area contributed by atoms with Gasteiger partial charge >= 0.3 is 11.9 Å². The number of carbonyl (C=O) groups excluding carboxylic acids is 2. The van der Waals surface area contributed by atoms with Gasteiger partial charge in [-0.2, -0.15) is 0 Å². The van der Waals surface area contributed by atoms with Crippen molar-refractivity contribution in [2.24, 2.45) is 11.8 Å². The Kier molecular flexibility index (Phi) is 8.19. The van der Waals surface area contributed by atoms with Gasteiger partial charge in [0.05, 0.1) is 6.61 Å². The standard InChI is InChI=1S/C19H30O5/c1-12(2)19-17(23-14(4)21)9-13(3)7-6-8-16(11-20)10-18(19)24-15(5)22/h8-9,12,17-20H,6-7,10-11H2,1-5H3/b13-9-,16-8+/t17-,18-,19-/m1/s1. The van der Waals surface area contributed by atoms with E-state index in [4.69, 9.17) is 9.47 Å². The first-order chi connectivity index (χ1) is 11.2. The third-order valence-electron chi connectivity index (χ3n) is 4.28. The smallest absolute Gasteiger partial charge is 0.303 e. The number of hydrogen-bond donors (Lipinski definition) is 1. The van der Waals surface area contributed by atoms with Crippen LogP contribution in [0.25, 0.3) is 0 Å². The highest BCUT2D eigenvalue weighted by atomic mass is 16.6.